The molecule has 0 saturated carbocycles. The molecule has 0 atom stereocenters. The zero-order chi connectivity index (χ0) is 17.1. The van der Waals surface area contributed by atoms with Gasteiger partial charge < -0.3 is 10.3 Å². The molecule has 0 radical (unpaired) electrons. The highest BCUT2D eigenvalue weighted by atomic mass is 19.1. The summed E-state index contributed by atoms with van der Waals surface area (Å²) in [7, 11) is 0. The summed E-state index contributed by atoms with van der Waals surface area (Å²) in [5.41, 5.74) is 5.75. The fourth-order valence-electron chi connectivity index (χ4n) is 2.13. The number of carbonyl (C=O) groups excluding carboxylic acids is 2. The molecule has 2 aromatic heterocycles. The van der Waals surface area contributed by atoms with Crippen molar-refractivity contribution in [3.05, 3.63) is 65.7 Å². The summed E-state index contributed by atoms with van der Waals surface area (Å²) in [4.78, 5) is 27.8. The van der Waals surface area contributed by atoms with Crippen LogP contribution in [0.25, 0.3) is 11.3 Å². The third-order valence-corrected chi connectivity index (χ3v) is 3.24. The van der Waals surface area contributed by atoms with Crippen LogP contribution in [0, 0.1) is 5.82 Å². The van der Waals surface area contributed by atoms with Crippen molar-refractivity contribution in [3.63, 3.8) is 0 Å². The van der Waals surface area contributed by atoms with Crippen LogP contribution in [0.3, 0.4) is 0 Å². The SMILES string of the molecule is NC(=O)c1c(-c2ccncc2)noc1NC(=O)c1ccccc1F. The van der Waals surface area contributed by atoms with Crippen molar-refractivity contribution in [1.82, 2.24) is 10.1 Å². The van der Waals surface area contributed by atoms with E-state index >= 15 is 0 Å². The quantitative estimate of drug-likeness (QED) is 0.763. The van der Waals surface area contributed by atoms with E-state index in [1.807, 2.05) is 0 Å². The number of pyridine rings is 1. The minimum absolute atomic E-state index is 0.106. The first kappa shape index (κ1) is 15.3. The molecule has 0 fully saturated rings. The van der Waals surface area contributed by atoms with E-state index in [0.717, 1.165) is 6.07 Å². The molecule has 0 saturated heterocycles. The number of amides is 2. The highest BCUT2D eigenvalue weighted by molar-refractivity contribution is 6.09. The molecule has 0 unspecified atom stereocenters. The average molecular weight is 326 g/mol. The summed E-state index contributed by atoms with van der Waals surface area (Å²) in [6, 6.07) is 8.62. The third-order valence-electron chi connectivity index (χ3n) is 3.24. The molecule has 8 heteroatoms. The molecule has 0 spiro atoms. The molecule has 120 valence electrons. The molecule has 0 aliphatic carbocycles. The van der Waals surface area contributed by atoms with Crippen LogP contribution in [0.15, 0.2) is 53.3 Å². The van der Waals surface area contributed by atoms with Gasteiger partial charge in [-0.1, -0.05) is 17.3 Å². The second kappa shape index (κ2) is 6.29. The van der Waals surface area contributed by atoms with Crippen molar-refractivity contribution in [2.75, 3.05) is 5.32 Å². The number of benzene rings is 1. The van der Waals surface area contributed by atoms with E-state index in [4.69, 9.17) is 10.3 Å². The van der Waals surface area contributed by atoms with Crippen LogP contribution in [-0.4, -0.2) is 22.0 Å². The molecular formula is C16H11FN4O3. The van der Waals surface area contributed by atoms with Gasteiger partial charge >= 0.3 is 0 Å². The Morgan fingerprint density at radius 3 is 2.50 bits per heavy atom. The Morgan fingerprint density at radius 2 is 1.83 bits per heavy atom. The normalized spacial score (nSPS) is 10.4. The maximum atomic E-state index is 13.7. The van der Waals surface area contributed by atoms with Crippen LogP contribution >= 0.6 is 0 Å². The Labute approximate surface area is 135 Å². The Kier molecular flexibility index (Phi) is 4.02. The van der Waals surface area contributed by atoms with E-state index in [0.29, 0.717) is 5.56 Å². The monoisotopic (exact) mass is 326 g/mol. The lowest BCUT2D eigenvalue weighted by Crippen LogP contribution is -2.18. The zero-order valence-corrected chi connectivity index (χ0v) is 12.2. The van der Waals surface area contributed by atoms with Gasteiger partial charge in [-0.2, -0.15) is 0 Å². The number of primary amides is 1. The van der Waals surface area contributed by atoms with Gasteiger partial charge in [0.15, 0.2) is 0 Å². The van der Waals surface area contributed by atoms with Crippen molar-refractivity contribution in [2.45, 2.75) is 0 Å². The maximum Gasteiger partial charge on any atom is 0.261 e. The predicted octanol–water partition coefficient (Wildman–Crippen LogP) is 2.23. The second-order valence-corrected chi connectivity index (χ2v) is 4.77. The van der Waals surface area contributed by atoms with Gasteiger partial charge in [0.05, 0.1) is 5.56 Å². The lowest BCUT2D eigenvalue weighted by molar-refractivity contribution is 0.100. The summed E-state index contributed by atoms with van der Waals surface area (Å²) in [5, 5.41) is 6.08. The first-order valence-corrected chi connectivity index (χ1v) is 6.83. The smallest absolute Gasteiger partial charge is 0.261 e. The Morgan fingerprint density at radius 1 is 1.12 bits per heavy atom. The Hall–Kier alpha value is -3.55. The Bertz CT molecular complexity index is 909. The predicted molar refractivity (Wildman–Crippen MR) is 82.6 cm³/mol. The van der Waals surface area contributed by atoms with Gasteiger partial charge in [0.1, 0.15) is 17.1 Å². The lowest BCUT2D eigenvalue weighted by atomic mass is 10.1. The molecule has 3 aromatic rings. The van der Waals surface area contributed by atoms with Crippen LogP contribution in [0.5, 0.6) is 0 Å². The molecule has 0 aliphatic rings. The number of nitrogens with one attached hydrogen (secondary N) is 1. The minimum Gasteiger partial charge on any atom is -0.365 e. The Balaban J connectivity index is 1.98. The number of hydrogen-bond donors (Lipinski definition) is 2. The van der Waals surface area contributed by atoms with Gasteiger partial charge in [-0.25, -0.2) is 4.39 Å². The molecule has 3 rings (SSSR count). The molecule has 0 bridgehead atoms. The van der Waals surface area contributed by atoms with Crippen LogP contribution in [0.2, 0.25) is 0 Å². The lowest BCUT2D eigenvalue weighted by Gasteiger charge is -2.04. The van der Waals surface area contributed by atoms with E-state index in [9.17, 15) is 14.0 Å². The molecule has 3 N–H and O–H groups in total. The highest BCUT2D eigenvalue weighted by Gasteiger charge is 2.24. The van der Waals surface area contributed by atoms with Gasteiger partial charge in [-0.15, -0.1) is 0 Å². The summed E-state index contributed by atoms with van der Waals surface area (Å²) < 4.78 is 18.7. The fraction of sp³-hybridized carbons (Fsp3) is 0. The van der Waals surface area contributed by atoms with Gasteiger partial charge in [-0.3, -0.25) is 19.9 Å². The largest absolute Gasteiger partial charge is 0.365 e. The summed E-state index contributed by atoms with van der Waals surface area (Å²) in [6.07, 6.45) is 3.01. The number of aromatic nitrogens is 2. The average Bonchev–Trinajstić information content (AvgIpc) is 2.99. The number of halogens is 1. The number of hydrogen-bond acceptors (Lipinski definition) is 5. The van der Waals surface area contributed by atoms with Gasteiger partial charge in [0, 0.05) is 18.0 Å². The van der Waals surface area contributed by atoms with Crippen molar-refractivity contribution in [1.29, 1.82) is 0 Å². The highest BCUT2D eigenvalue weighted by Crippen LogP contribution is 2.28. The van der Waals surface area contributed by atoms with Gasteiger partial charge in [0.25, 0.3) is 11.8 Å². The van der Waals surface area contributed by atoms with E-state index in [1.165, 1.54) is 30.6 Å². The van der Waals surface area contributed by atoms with Crippen LogP contribution in [0.1, 0.15) is 20.7 Å². The third kappa shape index (κ3) is 2.84. The molecule has 2 amide bonds. The van der Waals surface area contributed by atoms with E-state index in [1.54, 1.807) is 12.1 Å². The number of rotatable bonds is 4. The standard InChI is InChI=1S/C16H11FN4O3/c17-11-4-2-1-3-10(11)15(23)20-16-12(14(18)22)13(21-24-16)9-5-7-19-8-6-9/h1-8H,(H2,18,22)(H,20,23). The number of nitrogens with zero attached hydrogens (tertiary/aromatic N) is 2. The topological polar surface area (TPSA) is 111 Å². The van der Waals surface area contributed by atoms with Gasteiger partial charge in [-0.05, 0) is 24.3 Å². The molecule has 24 heavy (non-hydrogen) atoms. The van der Waals surface area contributed by atoms with Crippen molar-refractivity contribution < 1.29 is 18.5 Å². The molecular weight excluding hydrogens is 315 g/mol. The minimum atomic E-state index is -0.841. The van der Waals surface area contributed by atoms with Crippen LogP contribution in [-0.2, 0) is 0 Å². The maximum absolute atomic E-state index is 13.7. The van der Waals surface area contributed by atoms with Crippen molar-refractivity contribution in [2.24, 2.45) is 5.73 Å². The number of nitrogens with two attached hydrogens (primary N) is 1. The summed E-state index contributed by atoms with van der Waals surface area (Å²) >= 11 is 0. The molecule has 1 aromatic carbocycles. The number of carbonyl (C=O) groups is 2. The van der Waals surface area contributed by atoms with Crippen molar-refractivity contribution in [3.8, 4) is 11.3 Å². The number of anilines is 1. The van der Waals surface area contributed by atoms with Gasteiger partial charge in [0.2, 0.25) is 5.88 Å². The molecule has 7 nitrogen and oxygen atoms in total. The fourth-order valence-corrected chi connectivity index (χ4v) is 2.13. The van der Waals surface area contributed by atoms with E-state index in [-0.39, 0.29) is 22.7 Å². The van der Waals surface area contributed by atoms with Crippen molar-refractivity contribution >= 4 is 17.7 Å². The van der Waals surface area contributed by atoms with E-state index in [2.05, 4.69) is 15.5 Å². The zero-order valence-electron chi connectivity index (χ0n) is 12.2. The summed E-state index contributed by atoms with van der Waals surface area (Å²) in [6.45, 7) is 0. The van der Waals surface area contributed by atoms with E-state index < -0.39 is 17.6 Å². The second-order valence-electron chi connectivity index (χ2n) is 4.77. The first-order chi connectivity index (χ1) is 11.6. The summed E-state index contributed by atoms with van der Waals surface area (Å²) in [5.74, 6) is -2.58. The first-order valence-electron chi connectivity index (χ1n) is 6.83. The molecule has 0 aliphatic heterocycles. The van der Waals surface area contributed by atoms with Crippen LogP contribution < -0.4 is 11.1 Å². The molecule has 2 heterocycles. The van der Waals surface area contributed by atoms with Crippen LogP contribution in [0.4, 0.5) is 10.3 Å².